The fraction of sp³-hybridized carbons (Fsp3) is 0.350. The monoisotopic (exact) mass is 465 g/mol. The Kier molecular flexibility index (Phi) is 5.95. The molecule has 7 nitrogen and oxygen atoms in total. The molecule has 1 amide bonds. The van der Waals surface area contributed by atoms with Gasteiger partial charge in [-0.3, -0.25) is 4.79 Å². The summed E-state index contributed by atoms with van der Waals surface area (Å²) in [6, 6.07) is 7.13. The number of likely N-dealkylation sites (N-methyl/N-ethyl adjacent to an activating group) is 1. The Hall–Kier alpha value is -2.23. The van der Waals surface area contributed by atoms with Gasteiger partial charge >= 0.3 is 0 Å². The maximum Gasteiger partial charge on any atom is 0.260 e. The summed E-state index contributed by atoms with van der Waals surface area (Å²) in [5.41, 5.74) is 1.85. The molecule has 0 radical (unpaired) electrons. The van der Waals surface area contributed by atoms with E-state index in [0.29, 0.717) is 23.9 Å². The number of thiophene rings is 1. The number of carbonyl (C=O) groups excluding carboxylic acids is 1. The van der Waals surface area contributed by atoms with Crippen molar-refractivity contribution in [3.63, 3.8) is 0 Å². The molecule has 2 aromatic heterocycles. The Bertz CT molecular complexity index is 1180. The number of nitrogens with zero attached hydrogens (tertiary/aromatic N) is 3. The number of rotatable bonds is 6. The van der Waals surface area contributed by atoms with Gasteiger partial charge in [-0.2, -0.15) is 0 Å². The SMILES string of the molecule is CCN(C(=O)COc1ncnc2scc(-c3ccc(Cl)cc3)c12)C1CCS(=O)(=O)C1. The van der Waals surface area contributed by atoms with Crippen LogP contribution in [0.25, 0.3) is 21.3 Å². The van der Waals surface area contributed by atoms with Gasteiger partial charge in [0, 0.05) is 28.6 Å². The minimum absolute atomic E-state index is 0.00950. The molecule has 1 unspecified atom stereocenters. The third kappa shape index (κ3) is 4.28. The molecule has 1 fully saturated rings. The van der Waals surface area contributed by atoms with E-state index in [-0.39, 0.29) is 30.1 Å². The van der Waals surface area contributed by atoms with E-state index < -0.39 is 9.84 Å². The van der Waals surface area contributed by atoms with E-state index in [4.69, 9.17) is 16.3 Å². The molecule has 4 rings (SSSR count). The molecule has 0 bridgehead atoms. The highest BCUT2D eigenvalue weighted by molar-refractivity contribution is 7.91. The number of fused-ring (bicyclic) bond motifs is 1. The summed E-state index contributed by atoms with van der Waals surface area (Å²) in [6.07, 6.45) is 1.87. The zero-order valence-corrected chi connectivity index (χ0v) is 18.6. The first-order valence-electron chi connectivity index (χ1n) is 9.49. The zero-order chi connectivity index (χ0) is 21.3. The van der Waals surface area contributed by atoms with Crippen LogP contribution in [0.5, 0.6) is 5.88 Å². The normalized spacial score (nSPS) is 17.9. The molecule has 10 heteroatoms. The van der Waals surface area contributed by atoms with Crippen molar-refractivity contribution >= 4 is 48.9 Å². The number of halogens is 1. The molecule has 0 aliphatic carbocycles. The number of hydrogen-bond donors (Lipinski definition) is 0. The van der Waals surface area contributed by atoms with Crippen molar-refractivity contribution in [3.05, 3.63) is 41.0 Å². The lowest BCUT2D eigenvalue weighted by Gasteiger charge is -2.26. The quantitative estimate of drug-likeness (QED) is 0.554. The first-order valence-corrected chi connectivity index (χ1v) is 12.6. The van der Waals surface area contributed by atoms with Gasteiger partial charge in [0.15, 0.2) is 16.4 Å². The van der Waals surface area contributed by atoms with Gasteiger partial charge in [-0.1, -0.05) is 23.7 Å². The smallest absolute Gasteiger partial charge is 0.260 e. The molecule has 1 atom stereocenters. The third-order valence-corrected chi connectivity index (χ3v) is 8.02. The maximum atomic E-state index is 12.8. The predicted octanol–water partition coefficient (Wildman–Crippen LogP) is 3.43. The lowest BCUT2D eigenvalue weighted by molar-refractivity contribution is -0.135. The van der Waals surface area contributed by atoms with Crippen LogP contribution in [0.1, 0.15) is 13.3 Å². The van der Waals surface area contributed by atoms with Gasteiger partial charge in [0.05, 0.1) is 16.9 Å². The highest BCUT2D eigenvalue weighted by atomic mass is 35.5. The van der Waals surface area contributed by atoms with Crippen LogP contribution in [-0.2, 0) is 14.6 Å². The zero-order valence-electron chi connectivity index (χ0n) is 16.2. The molecular weight excluding hydrogens is 446 g/mol. The standard InChI is InChI=1S/C20H20ClN3O4S2/c1-2-24(15-7-8-30(26,27)11-15)17(25)9-28-19-18-16(10-29-20(18)23-12-22-19)13-3-5-14(21)6-4-13/h3-6,10,12,15H,2,7-9,11H2,1H3. The molecule has 1 aromatic carbocycles. The van der Waals surface area contributed by atoms with Crippen LogP contribution in [0.3, 0.4) is 0 Å². The van der Waals surface area contributed by atoms with E-state index in [9.17, 15) is 13.2 Å². The number of sulfone groups is 1. The van der Waals surface area contributed by atoms with E-state index in [1.165, 1.54) is 17.7 Å². The molecule has 1 saturated heterocycles. The van der Waals surface area contributed by atoms with Crippen LogP contribution in [0, 0.1) is 0 Å². The van der Waals surface area contributed by atoms with Crippen LogP contribution in [0.4, 0.5) is 0 Å². The lowest BCUT2D eigenvalue weighted by atomic mass is 10.1. The molecule has 3 aromatic rings. The topological polar surface area (TPSA) is 89.5 Å². The van der Waals surface area contributed by atoms with Crippen molar-refractivity contribution in [2.45, 2.75) is 19.4 Å². The second-order valence-electron chi connectivity index (χ2n) is 7.04. The van der Waals surface area contributed by atoms with Crippen molar-refractivity contribution in [2.75, 3.05) is 24.7 Å². The van der Waals surface area contributed by atoms with Crippen molar-refractivity contribution < 1.29 is 17.9 Å². The minimum atomic E-state index is -3.08. The van der Waals surface area contributed by atoms with Crippen molar-refractivity contribution in [3.8, 4) is 17.0 Å². The number of amides is 1. The van der Waals surface area contributed by atoms with Gasteiger partial charge < -0.3 is 9.64 Å². The largest absolute Gasteiger partial charge is 0.467 e. The van der Waals surface area contributed by atoms with Gasteiger partial charge in [0.1, 0.15) is 11.2 Å². The highest BCUT2D eigenvalue weighted by Crippen LogP contribution is 2.37. The van der Waals surface area contributed by atoms with Crippen LogP contribution >= 0.6 is 22.9 Å². The molecular formula is C20H20ClN3O4S2. The van der Waals surface area contributed by atoms with Gasteiger partial charge in [-0.15, -0.1) is 11.3 Å². The Morgan fingerprint density at radius 3 is 2.73 bits per heavy atom. The Morgan fingerprint density at radius 1 is 1.30 bits per heavy atom. The van der Waals surface area contributed by atoms with Crippen molar-refractivity contribution in [1.82, 2.24) is 14.9 Å². The first kappa shape index (κ1) is 21.0. The number of ether oxygens (including phenoxy) is 1. The molecule has 0 saturated carbocycles. The van der Waals surface area contributed by atoms with E-state index in [0.717, 1.165) is 21.3 Å². The summed E-state index contributed by atoms with van der Waals surface area (Å²) in [4.78, 5) is 23.6. The van der Waals surface area contributed by atoms with Crippen molar-refractivity contribution in [1.29, 1.82) is 0 Å². The number of carbonyl (C=O) groups is 1. The molecule has 0 N–H and O–H groups in total. The van der Waals surface area contributed by atoms with E-state index in [2.05, 4.69) is 9.97 Å². The third-order valence-electron chi connectivity index (χ3n) is 5.13. The second kappa shape index (κ2) is 8.49. The fourth-order valence-electron chi connectivity index (χ4n) is 3.67. The molecule has 0 spiro atoms. The van der Waals surface area contributed by atoms with Gasteiger partial charge in [-0.25, -0.2) is 18.4 Å². The van der Waals surface area contributed by atoms with Gasteiger partial charge in [-0.05, 0) is 31.0 Å². The predicted molar refractivity (Wildman–Crippen MR) is 118 cm³/mol. The molecule has 3 heterocycles. The number of aromatic nitrogens is 2. The van der Waals surface area contributed by atoms with E-state index in [1.807, 2.05) is 36.6 Å². The van der Waals surface area contributed by atoms with E-state index >= 15 is 0 Å². The van der Waals surface area contributed by atoms with Crippen LogP contribution in [0.15, 0.2) is 36.0 Å². The van der Waals surface area contributed by atoms with Crippen LogP contribution in [0.2, 0.25) is 5.02 Å². The summed E-state index contributed by atoms with van der Waals surface area (Å²) in [5, 5.41) is 3.35. The summed E-state index contributed by atoms with van der Waals surface area (Å²) in [6.45, 7) is 2.05. The van der Waals surface area contributed by atoms with Gasteiger partial charge in [0.2, 0.25) is 5.88 Å². The fourth-order valence-corrected chi connectivity index (χ4v) is 6.43. The second-order valence-corrected chi connectivity index (χ2v) is 10.6. The Labute approximate surface area is 183 Å². The number of hydrogen-bond acceptors (Lipinski definition) is 7. The first-order chi connectivity index (χ1) is 14.4. The lowest BCUT2D eigenvalue weighted by Crippen LogP contribution is -2.43. The summed E-state index contributed by atoms with van der Waals surface area (Å²) < 4.78 is 29.4. The maximum absolute atomic E-state index is 12.8. The average Bonchev–Trinajstić information content (AvgIpc) is 3.31. The minimum Gasteiger partial charge on any atom is -0.467 e. The molecule has 30 heavy (non-hydrogen) atoms. The van der Waals surface area contributed by atoms with Crippen molar-refractivity contribution in [2.24, 2.45) is 0 Å². The van der Waals surface area contributed by atoms with E-state index in [1.54, 1.807) is 4.90 Å². The summed E-state index contributed by atoms with van der Waals surface area (Å²) in [5.74, 6) is 0.202. The summed E-state index contributed by atoms with van der Waals surface area (Å²) in [7, 11) is -3.08. The van der Waals surface area contributed by atoms with Gasteiger partial charge in [0.25, 0.3) is 5.91 Å². The Morgan fingerprint density at radius 2 is 2.07 bits per heavy atom. The summed E-state index contributed by atoms with van der Waals surface area (Å²) >= 11 is 7.46. The Balaban J connectivity index is 1.56. The molecule has 1 aliphatic heterocycles. The number of benzene rings is 1. The van der Waals surface area contributed by atoms with Crippen LogP contribution in [-0.4, -0.2) is 59.9 Å². The molecule has 158 valence electrons. The highest BCUT2D eigenvalue weighted by Gasteiger charge is 2.34. The average molecular weight is 466 g/mol. The molecule has 1 aliphatic rings. The van der Waals surface area contributed by atoms with Crippen LogP contribution < -0.4 is 4.74 Å².